The highest BCUT2D eigenvalue weighted by Crippen LogP contribution is 2.28. The molecular formula is C16H27N. The smallest absolute Gasteiger partial charge is 0.00409 e. The van der Waals surface area contributed by atoms with Crippen LogP contribution in [0.5, 0.6) is 0 Å². The van der Waals surface area contributed by atoms with Crippen LogP contribution in [0.15, 0.2) is 18.2 Å². The first kappa shape index (κ1) is 14.2. The summed E-state index contributed by atoms with van der Waals surface area (Å²) in [6, 6.07) is 7.42. The first-order valence-corrected chi connectivity index (χ1v) is 6.57. The number of nitrogens with one attached hydrogen (secondary N) is 1. The number of aryl methyl sites for hydroxylation is 2. The molecule has 96 valence electrons. The quantitative estimate of drug-likeness (QED) is 0.814. The molecule has 1 rings (SSSR count). The first-order chi connectivity index (χ1) is 7.84. The molecule has 0 radical (unpaired) electrons. The fourth-order valence-corrected chi connectivity index (χ4v) is 2.47. The van der Waals surface area contributed by atoms with E-state index in [1.807, 2.05) is 7.05 Å². The van der Waals surface area contributed by atoms with Crippen molar-refractivity contribution in [2.45, 2.75) is 53.5 Å². The summed E-state index contributed by atoms with van der Waals surface area (Å²) >= 11 is 0. The van der Waals surface area contributed by atoms with E-state index in [9.17, 15) is 0 Å². The second-order valence-electron chi connectivity index (χ2n) is 6.15. The van der Waals surface area contributed by atoms with Gasteiger partial charge in [-0.15, -0.1) is 0 Å². The molecule has 1 unspecified atom stereocenters. The minimum absolute atomic E-state index is 0.351. The van der Waals surface area contributed by atoms with E-state index in [1.165, 1.54) is 23.1 Å². The average Bonchev–Trinajstić information content (AvgIpc) is 2.22. The summed E-state index contributed by atoms with van der Waals surface area (Å²) in [6.07, 6.45) is 2.36. The van der Waals surface area contributed by atoms with Crippen molar-refractivity contribution in [1.82, 2.24) is 5.32 Å². The van der Waals surface area contributed by atoms with Gasteiger partial charge in [-0.3, -0.25) is 0 Å². The Bertz CT molecular complexity index is 366. The average molecular weight is 233 g/mol. The highest BCUT2D eigenvalue weighted by molar-refractivity contribution is 5.30. The Morgan fingerprint density at radius 3 is 2.35 bits per heavy atom. The van der Waals surface area contributed by atoms with Gasteiger partial charge >= 0.3 is 0 Å². The minimum atomic E-state index is 0.351. The van der Waals surface area contributed by atoms with Gasteiger partial charge in [-0.25, -0.2) is 0 Å². The Balaban J connectivity index is 2.72. The topological polar surface area (TPSA) is 12.0 Å². The lowest BCUT2D eigenvalue weighted by Crippen LogP contribution is -2.29. The molecule has 0 heterocycles. The monoisotopic (exact) mass is 233 g/mol. The molecule has 1 N–H and O–H groups in total. The predicted octanol–water partition coefficient (Wildman–Crippen LogP) is 3.87. The van der Waals surface area contributed by atoms with Crippen LogP contribution in [0.25, 0.3) is 0 Å². The zero-order valence-electron chi connectivity index (χ0n) is 12.2. The zero-order valence-corrected chi connectivity index (χ0v) is 12.2. The van der Waals surface area contributed by atoms with E-state index in [0.29, 0.717) is 11.5 Å². The molecule has 17 heavy (non-hydrogen) atoms. The second-order valence-corrected chi connectivity index (χ2v) is 6.15. The summed E-state index contributed by atoms with van der Waals surface area (Å²) in [5.74, 6) is 0. The fourth-order valence-electron chi connectivity index (χ4n) is 2.47. The molecule has 0 aliphatic heterocycles. The van der Waals surface area contributed by atoms with Crippen molar-refractivity contribution in [2.24, 2.45) is 5.41 Å². The van der Waals surface area contributed by atoms with Crippen molar-refractivity contribution >= 4 is 0 Å². The first-order valence-electron chi connectivity index (χ1n) is 6.57. The number of benzene rings is 1. The van der Waals surface area contributed by atoms with Gasteiger partial charge in [-0.2, -0.15) is 0 Å². The Hall–Kier alpha value is -0.820. The van der Waals surface area contributed by atoms with Crippen LogP contribution in [0.3, 0.4) is 0 Å². The molecule has 1 nitrogen and oxygen atoms in total. The Morgan fingerprint density at radius 1 is 1.18 bits per heavy atom. The van der Waals surface area contributed by atoms with Crippen LogP contribution in [0.4, 0.5) is 0 Å². The van der Waals surface area contributed by atoms with Crippen LogP contribution in [0.2, 0.25) is 0 Å². The van der Waals surface area contributed by atoms with E-state index < -0.39 is 0 Å². The molecule has 0 fully saturated rings. The summed E-state index contributed by atoms with van der Waals surface area (Å²) in [7, 11) is 2.04. The van der Waals surface area contributed by atoms with Gasteiger partial charge in [-0.05, 0) is 62.8 Å². The van der Waals surface area contributed by atoms with Crippen molar-refractivity contribution in [3.05, 3.63) is 34.9 Å². The number of rotatable bonds is 5. The van der Waals surface area contributed by atoms with Gasteiger partial charge in [0.2, 0.25) is 0 Å². The molecule has 0 bridgehead atoms. The van der Waals surface area contributed by atoms with Gasteiger partial charge in [0, 0.05) is 6.04 Å². The van der Waals surface area contributed by atoms with Crippen LogP contribution < -0.4 is 5.32 Å². The van der Waals surface area contributed by atoms with Crippen LogP contribution >= 0.6 is 0 Å². The molecule has 0 saturated carbocycles. The zero-order chi connectivity index (χ0) is 13.1. The number of hydrogen-bond donors (Lipinski definition) is 1. The summed E-state index contributed by atoms with van der Waals surface area (Å²) in [4.78, 5) is 0. The summed E-state index contributed by atoms with van der Waals surface area (Å²) in [5.41, 5.74) is 4.60. The SMILES string of the molecule is CNC(C)CC(C)(C)Cc1ccc(C)c(C)c1. The van der Waals surface area contributed by atoms with E-state index in [1.54, 1.807) is 0 Å². The lowest BCUT2D eigenvalue weighted by atomic mass is 9.80. The van der Waals surface area contributed by atoms with E-state index in [4.69, 9.17) is 0 Å². The molecule has 1 heteroatoms. The highest BCUT2D eigenvalue weighted by atomic mass is 14.9. The molecule has 0 aromatic heterocycles. The lowest BCUT2D eigenvalue weighted by Gasteiger charge is -2.28. The van der Waals surface area contributed by atoms with Gasteiger partial charge in [0.1, 0.15) is 0 Å². The van der Waals surface area contributed by atoms with Crippen LogP contribution in [-0.4, -0.2) is 13.1 Å². The van der Waals surface area contributed by atoms with Crippen molar-refractivity contribution in [3.8, 4) is 0 Å². The third-order valence-corrected chi connectivity index (χ3v) is 3.61. The normalized spacial score (nSPS) is 13.8. The van der Waals surface area contributed by atoms with Crippen LogP contribution in [0.1, 0.15) is 43.9 Å². The molecule has 1 aromatic carbocycles. The van der Waals surface area contributed by atoms with Gasteiger partial charge < -0.3 is 5.32 Å². The molecule has 1 aromatic rings. The lowest BCUT2D eigenvalue weighted by molar-refractivity contribution is 0.293. The molecule has 0 saturated heterocycles. The molecule has 0 aliphatic rings. The van der Waals surface area contributed by atoms with Crippen LogP contribution in [0, 0.1) is 19.3 Å². The largest absolute Gasteiger partial charge is 0.317 e. The van der Waals surface area contributed by atoms with Gasteiger partial charge in [-0.1, -0.05) is 32.0 Å². The minimum Gasteiger partial charge on any atom is -0.317 e. The standard InChI is InChI=1S/C16H27N/c1-12-7-8-15(9-13(12)2)11-16(4,5)10-14(3)17-6/h7-9,14,17H,10-11H2,1-6H3. The third-order valence-electron chi connectivity index (χ3n) is 3.61. The third kappa shape index (κ3) is 4.51. The Labute approximate surface area is 107 Å². The molecule has 0 aliphatic carbocycles. The van der Waals surface area contributed by atoms with Crippen molar-refractivity contribution in [3.63, 3.8) is 0 Å². The van der Waals surface area contributed by atoms with E-state index in [2.05, 4.69) is 58.1 Å². The highest BCUT2D eigenvalue weighted by Gasteiger charge is 2.21. The van der Waals surface area contributed by atoms with Crippen LogP contribution in [-0.2, 0) is 6.42 Å². The predicted molar refractivity (Wildman–Crippen MR) is 76.5 cm³/mol. The van der Waals surface area contributed by atoms with E-state index >= 15 is 0 Å². The maximum absolute atomic E-state index is 3.33. The Morgan fingerprint density at radius 2 is 1.82 bits per heavy atom. The Kier molecular flexibility index (Phi) is 4.76. The summed E-state index contributed by atoms with van der Waals surface area (Å²) in [6.45, 7) is 11.3. The summed E-state index contributed by atoms with van der Waals surface area (Å²) < 4.78 is 0. The van der Waals surface area contributed by atoms with E-state index in [0.717, 1.165) is 6.42 Å². The second kappa shape index (κ2) is 5.68. The fraction of sp³-hybridized carbons (Fsp3) is 0.625. The van der Waals surface area contributed by atoms with Crippen molar-refractivity contribution in [1.29, 1.82) is 0 Å². The van der Waals surface area contributed by atoms with Gasteiger partial charge in [0.25, 0.3) is 0 Å². The van der Waals surface area contributed by atoms with Crippen molar-refractivity contribution < 1.29 is 0 Å². The number of hydrogen-bond acceptors (Lipinski definition) is 1. The van der Waals surface area contributed by atoms with E-state index in [-0.39, 0.29) is 0 Å². The molecule has 0 spiro atoms. The van der Waals surface area contributed by atoms with Crippen molar-refractivity contribution in [2.75, 3.05) is 7.05 Å². The molecule has 0 amide bonds. The molecule has 1 atom stereocenters. The maximum Gasteiger partial charge on any atom is 0.00409 e. The van der Waals surface area contributed by atoms with Gasteiger partial charge in [0.05, 0.1) is 0 Å². The van der Waals surface area contributed by atoms with Gasteiger partial charge in [0.15, 0.2) is 0 Å². The summed E-state index contributed by atoms with van der Waals surface area (Å²) in [5, 5.41) is 3.33. The molecular weight excluding hydrogens is 206 g/mol. The maximum atomic E-state index is 3.33.